The van der Waals surface area contributed by atoms with Crippen LogP contribution in [0.4, 0.5) is 11.4 Å². The Morgan fingerprint density at radius 3 is 1.53 bits per heavy atom. The molecule has 0 radical (unpaired) electrons. The van der Waals surface area contributed by atoms with Gasteiger partial charge in [0.15, 0.2) is 0 Å². The SMILES string of the molecule is COCCOCCOCCC1(C)C(=CC=CC=CC=CC2N(CCCS(=O)(=O)O)c3ccc4c(S(=O)(=O)O)cc(S(=O)(=O)O)cc4c3C2(C)CCOCCOCCOC)N(CCCCCC(=O)O)c2ccc3c(S(=O)(=O)O)cc(S(=O)(=O)O)cc3c21. The zero-order valence-electron chi connectivity index (χ0n) is 47.9. The Morgan fingerprint density at radius 2 is 1.02 bits per heavy atom. The van der Waals surface area contributed by atoms with Crippen LogP contribution in [0, 0.1) is 0 Å². The number of unbranched alkanes of at least 4 members (excludes halogenated alkanes) is 2. The van der Waals surface area contributed by atoms with Crippen molar-refractivity contribution >= 4 is 89.5 Å². The predicted molar refractivity (Wildman–Crippen MR) is 319 cm³/mol. The van der Waals surface area contributed by atoms with E-state index in [9.17, 15) is 74.8 Å². The maximum absolute atomic E-state index is 12.9. The monoisotopic (exact) mass is 1300 g/mol. The summed E-state index contributed by atoms with van der Waals surface area (Å²) in [5.74, 6) is -1.60. The van der Waals surface area contributed by atoms with Crippen molar-refractivity contribution in [3.05, 3.63) is 108 Å². The van der Waals surface area contributed by atoms with Crippen LogP contribution < -0.4 is 9.80 Å². The van der Waals surface area contributed by atoms with Crippen LogP contribution in [0.3, 0.4) is 0 Å². The number of rotatable bonds is 36. The van der Waals surface area contributed by atoms with E-state index in [2.05, 4.69) is 0 Å². The van der Waals surface area contributed by atoms with Crippen LogP contribution in [0.2, 0.25) is 0 Å². The Kier molecular flexibility index (Phi) is 24.2. The third-order valence-corrected chi connectivity index (χ3v) is 19.3. The molecule has 4 aromatic rings. The molecule has 2 aliphatic heterocycles. The Hall–Kier alpha value is -5.26. The summed E-state index contributed by atoms with van der Waals surface area (Å²) in [6.45, 7) is 6.27. The summed E-state index contributed by atoms with van der Waals surface area (Å²) in [4.78, 5) is 12.1. The molecule has 4 aromatic carbocycles. The van der Waals surface area contributed by atoms with Gasteiger partial charge in [-0.3, -0.25) is 27.6 Å². The fraction of sp³-hybridized carbons (Fsp3) is 0.482. The molecule has 30 heteroatoms. The second-order valence-corrected chi connectivity index (χ2v) is 28.1. The quantitative estimate of drug-likeness (QED) is 0.0154. The molecular weight excluding hydrogens is 1230 g/mol. The Bertz CT molecular complexity index is 3790. The van der Waals surface area contributed by atoms with Gasteiger partial charge in [0, 0.05) is 85.6 Å². The maximum atomic E-state index is 12.9. The molecule has 0 saturated heterocycles. The molecule has 476 valence electrons. The Morgan fingerprint density at radius 1 is 0.535 bits per heavy atom. The van der Waals surface area contributed by atoms with Crippen molar-refractivity contribution in [3.63, 3.8) is 0 Å². The van der Waals surface area contributed by atoms with Crippen molar-refractivity contribution in [3.8, 4) is 0 Å². The minimum absolute atomic E-state index is 0.00855. The van der Waals surface area contributed by atoms with Crippen LogP contribution in [0.25, 0.3) is 21.5 Å². The number of ether oxygens (including phenoxy) is 6. The fourth-order valence-corrected chi connectivity index (χ4v) is 14.2. The van der Waals surface area contributed by atoms with Gasteiger partial charge in [-0.25, -0.2) is 0 Å². The molecule has 0 aliphatic carbocycles. The number of benzene rings is 4. The van der Waals surface area contributed by atoms with Crippen LogP contribution in [0.15, 0.2) is 116 Å². The van der Waals surface area contributed by atoms with Crippen LogP contribution in [0.5, 0.6) is 0 Å². The van der Waals surface area contributed by atoms with E-state index < -0.39 is 98.8 Å². The van der Waals surface area contributed by atoms with Crippen molar-refractivity contribution in [2.75, 3.05) is 109 Å². The lowest BCUT2D eigenvalue weighted by Gasteiger charge is -2.35. The van der Waals surface area contributed by atoms with Gasteiger partial charge in [0.1, 0.15) is 9.79 Å². The molecule has 86 heavy (non-hydrogen) atoms. The second kappa shape index (κ2) is 29.8. The molecule has 25 nitrogen and oxygen atoms in total. The van der Waals surface area contributed by atoms with Crippen LogP contribution in [-0.4, -0.2) is 181 Å². The number of hydrogen-bond donors (Lipinski definition) is 6. The minimum atomic E-state index is -5.11. The third kappa shape index (κ3) is 17.7. The highest BCUT2D eigenvalue weighted by Crippen LogP contribution is 2.55. The van der Waals surface area contributed by atoms with Gasteiger partial charge >= 0.3 is 5.97 Å². The van der Waals surface area contributed by atoms with E-state index in [1.54, 1.807) is 54.7 Å². The van der Waals surface area contributed by atoms with Crippen molar-refractivity contribution in [2.45, 2.75) is 95.2 Å². The second-order valence-electron chi connectivity index (χ2n) is 20.9. The van der Waals surface area contributed by atoms with Gasteiger partial charge in [-0.15, -0.1) is 0 Å². The average molecular weight is 1300 g/mol. The number of carboxylic acid groups (broad SMARTS) is 1. The van der Waals surface area contributed by atoms with Crippen LogP contribution >= 0.6 is 0 Å². The van der Waals surface area contributed by atoms with Gasteiger partial charge in [0.2, 0.25) is 0 Å². The van der Waals surface area contributed by atoms with Crippen molar-refractivity contribution in [1.82, 2.24) is 0 Å². The number of aliphatic carboxylic acids is 1. The van der Waals surface area contributed by atoms with Gasteiger partial charge in [0.05, 0.1) is 74.4 Å². The molecule has 3 atom stereocenters. The average Bonchev–Trinajstić information content (AvgIpc) is 1.79. The highest BCUT2D eigenvalue weighted by Gasteiger charge is 2.48. The summed E-state index contributed by atoms with van der Waals surface area (Å²) in [5.41, 5.74) is 0.156. The number of fused-ring (bicyclic) bond motifs is 6. The number of carbonyl (C=O) groups is 1. The summed E-state index contributed by atoms with van der Waals surface area (Å²) in [7, 11) is -21.7. The van der Waals surface area contributed by atoms with E-state index >= 15 is 0 Å². The largest absolute Gasteiger partial charge is 0.481 e. The Labute approximate surface area is 502 Å². The molecule has 6 N–H and O–H groups in total. The number of carboxylic acids is 1. The van der Waals surface area contributed by atoms with Gasteiger partial charge in [-0.05, 0) is 103 Å². The van der Waals surface area contributed by atoms with Crippen molar-refractivity contribution < 1.29 is 103 Å². The van der Waals surface area contributed by atoms with Gasteiger partial charge in [0.25, 0.3) is 50.6 Å². The first-order valence-corrected chi connectivity index (χ1v) is 34.6. The van der Waals surface area contributed by atoms with E-state index in [0.717, 1.165) is 12.1 Å². The van der Waals surface area contributed by atoms with Crippen molar-refractivity contribution in [1.29, 1.82) is 0 Å². The molecule has 0 spiro atoms. The van der Waals surface area contributed by atoms with Crippen molar-refractivity contribution in [2.24, 2.45) is 0 Å². The zero-order chi connectivity index (χ0) is 63.3. The lowest BCUT2D eigenvalue weighted by molar-refractivity contribution is -0.137. The number of allylic oxidation sites excluding steroid dienone is 7. The molecule has 0 aromatic heterocycles. The summed E-state index contributed by atoms with van der Waals surface area (Å²) < 4.78 is 211. The molecule has 0 saturated carbocycles. The standard InChI is InChI=1S/C56H74N2O23S5/c1-55(21-25-78-31-33-80-29-27-76-3)50(57(23-12-8-11-16-52(59)60)46-19-17-42-44(53(46)55)36-40(83(64,65)66)38-48(42)85(70,71)72)14-9-6-5-7-10-15-51-56(2,22-26-79-32-34-81-30-28-77-4)54-45-37-41(84(67,68)69)39-49(86(73,74)75)43(45)18-20-47(54)58(51)24-13-35-82(61,62)63/h5-7,9-10,14-15,17-20,36-39,51H,8,11-13,16,21-35H2,1-4H3,(H,59,60)(H,61,62,63)(H,64,65,66)(H,67,68,69)(H,70,71,72)(H,73,74,75). The van der Waals surface area contributed by atoms with Gasteiger partial charge < -0.3 is 43.3 Å². The molecule has 3 unspecified atom stereocenters. The highest BCUT2D eigenvalue weighted by molar-refractivity contribution is 7.87. The maximum Gasteiger partial charge on any atom is 0.303 e. The lowest BCUT2D eigenvalue weighted by Crippen LogP contribution is -2.43. The molecule has 0 bridgehead atoms. The summed E-state index contributed by atoms with van der Waals surface area (Å²) in [6.07, 6.45) is 13.6. The third-order valence-electron chi connectivity index (χ3n) is 15.0. The number of nitrogens with zero attached hydrogens (tertiary/aromatic N) is 2. The van der Waals surface area contributed by atoms with E-state index in [-0.39, 0.29) is 93.4 Å². The first-order chi connectivity index (χ1) is 40.4. The molecule has 2 heterocycles. The number of anilines is 2. The van der Waals surface area contributed by atoms with Crippen LogP contribution in [0.1, 0.15) is 69.9 Å². The zero-order valence-corrected chi connectivity index (χ0v) is 52.0. The molecule has 0 amide bonds. The topological polar surface area (TPSA) is 371 Å². The number of hydrogen-bond acceptors (Lipinski definition) is 19. The Balaban J connectivity index is 1.46. The first kappa shape index (κ1) is 69.8. The van der Waals surface area contributed by atoms with Crippen LogP contribution in [-0.2, 0) is 94.6 Å². The van der Waals surface area contributed by atoms with E-state index in [0.29, 0.717) is 92.6 Å². The predicted octanol–water partition coefficient (Wildman–Crippen LogP) is 6.82. The normalized spacial score (nSPS) is 19.2. The first-order valence-electron chi connectivity index (χ1n) is 27.2. The molecular formula is C56H74N2O23S5. The van der Waals surface area contributed by atoms with E-state index in [1.807, 2.05) is 23.6 Å². The number of methoxy groups -OCH3 is 2. The fourth-order valence-electron chi connectivity index (χ4n) is 11.0. The van der Waals surface area contributed by atoms with E-state index in [1.165, 1.54) is 26.4 Å². The smallest absolute Gasteiger partial charge is 0.303 e. The summed E-state index contributed by atoms with van der Waals surface area (Å²) in [6, 6.07) is 8.82. The molecule has 6 rings (SSSR count). The molecule has 2 aliphatic rings. The van der Waals surface area contributed by atoms with Gasteiger partial charge in [-0.2, -0.15) is 42.1 Å². The summed E-state index contributed by atoms with van der Waals surface area (Å²) in [5, 5.41) is 9.39. The lowest BCUT2D eigenvalue weighted by atomic mass is 9.74. The molecule has 0 fully saturated rings. The summed E-state index contributed by atoms with van der Waals surface area (Å²) >= 11 is 0. The highest BCUT2D eigenvalue weighted by atomic mass is 32.2. The minimum Gasteiger partial charge on any atom is -0.481 e. The van der Waals surface area contributed by atoms with Gasteiger partial charge in [-0.1, -0.05) is 61.9 Å². The van der Waals surface area contributed by atoms with E-state index in [4.69, 9.17) is 28.4 Å².